The van der Waals surface area contributed by atoms with Crippen LogP contribution < -0.4 is 19.5 Å². The highest BCUT2D eigenvalue weighted by atomic mass is 35.5. The average Bonchev–Trinajstić information content (AvgIpc) is 2.89. The smallest absolute Gasteiger partial charge is 0.262 e. The second-order valence-corrected chi connectivity index (χ2v) is 7.70. The third-order valence-corrected chi connectivity index (χ3v) is 5.33. The summed E-state index contributed by atoms with van der Waals surface area (Å²) in [6.07, 6.45) is 1.42. The molecule has 7 nitrogen and oxygen atoms in total. The Bertz CT molecular complexity index is 1320. The summed E-state index contributed by atoms with van der Waals surface area (Å²) >= 11 is 6.43. The quantitative estimate of drug-likeness (QED) is 0.335. The van der Waals surface area contributed by atoms with Gasteiger partial charge in [-0.15, -0.1) is 0 Å². The molecule has 0 aliphatic rings. The van der Waals surface area contributed by atoms with E-state index in [-0.39, 0.29) is 23.7 Å². The number of methoxy groups -OCH3 is 2. The maximum Gasteiger partial charge on any atom is 0.262 e. The van der Waals surface area contributed by atoms with Crippen molar-refractivity contribution >= 4 is 23.6 Å². The van der Waals surface area contributed by atoms with Crippen molar-refractivity contribution in [2.24, 2.45) is 0 Å². The number of rotatable bonds is 9. The fourth-order valence-electron chi connectivity index (χ4n) is 3.20. The Morgan fingerprint density at radius 3 is 2.46 bits per heavy atom. The monoisotopic (exact) mass is 487 g/mol. The molecule has 0 aromatic heterocycles. The van der Waals surface area contributed by atoms with Gasteiger partial charge < -0.3 is 19.5 Å². The Kier molecular flexibility index (Phi) is 8.72. The molecule has 0 fully saturated rings. The van der Waals surface area contributed by atoms with E-state index < -0.39 is 5.91 Å². The van der Waals surface area contributed by atoms with Crippen LogP contribution >= 0.6 is 11.6 Å². The zero-order chi connectivity index (χ0) is 25.2. The highest BCUT2D eigenvalue weighted by Gasteiger charge is 2.15. The summed E-state index contributed by atoms with van der Waals surface area (Å²) in [5.41, 5.74) is 2.47. The first kappa shape index (κ1) is 25.2. The summed E-state index contributed by atoms with van der Waals surface area (Å²) in [6.45, 7) is 0.370. The van der Waals surface area contributed by atoms with Crippen LogP contribution in [0.25, 0.3) is 6.08 Å². The van der Waals surface area contributed by atoms with E-state index in [2.05, 4.69) is 11.4 Å². The van der Waals surface area contributed by atoms with Crippen LogP contribution in [0.2, 0.25) is 5.02 Å². The van der Waals surface area contributed by atoms with Gasteiger partial charge in [-0.05, 0) is 47.5 Å². The van der Waals surface area contributed by atoms with Gasteiger partial charge in [0, 0.05) is 12.1 Å². The van der Waals surface area contributed by atoms with Gasteiger partial charge in [-0.1, -0.05) is 41.9 Å². The normalized spacial score (nSPS) is 10.6. The number of hydrogen-bond donors (Lipinski definition) is 1. The molecule has 0 atom stereocenters. The van der Waals surface area contributed by atoms with E-state index in [0.29, 0.717) is 33.9 Å². The number of benzene rings is 3. The molecule has 3 rings (SSSR count). The Labute approximate surface area is 208 Å². The lowest BCUT2D eigenvalue weighted by Crippen LogP contribution is -2.23. The molecule has 0 heterocycles. The number of nitrogens with zero attached hydrogens (tertiary/aromatic N) is 2. The number of ether oxygens (including phenoxy) is 3. The van der Waals surface area contributed by atoms with Gasteiger partial charge in [0.15, 0.2) is 11.5 Å². The van der Waals surface area contributed by atoms with E-state index in [9.17, 15) is 15.3 Å². The topological polar surface area (TPSA) is 104 Å². The molecule has 1 amide bonds. The predicted molar refractivity (Wildman–Crippen MR) is 132 cm³/mol. The molecule has 35 heavy (non-hydrogen) atoms. The largest absolute Gasteiger partial charge is 0.497 e. The number of carbonyl (C=O) groups excluding carboxylic acids is 1. The fraction of sp³-hybridized carbons (Fsp3) is 0.148. The van der Waals surface area contributed by atoms with Gasteiger partial charge in [0.1, 0.15) is 24.0 Å². The zero-order valence-electron chi connectivity index (χ0n) is 19.2. The summed E-state index contributed by atoms with van der Waals surface area (Å²) in [4.78, 5) is 12.6. The van der Waals surface area contributed by atoms with Crippen molar-refractivity contribution in [3.63, 3.8) is 0 Å². The molecule has 0 spiro atoms. The fourth-order valence-corrected chi connectivity index (χ4v) is 3.48. The van der Waals surface area contributed by atoms with Crippen LogP contribution in [0.1, 0.15) is 22.3 Å². The molecule has 3 aromatic rings. The molecule has 0 saturated heterocycles. The number of carbonyl (C=O) groups is 1. The molecule has 8 heteroatoms. The second kappa shape index (κ2) is 12.1. The van der Waals surface area contributed by atoms with Crippen molar-refractivity contribution in [3.05, 3.63) is 93.5 Å². The van der Waals surface area contributed by atoms with Crippen molar-refractivity contribution in [2.75, 3.05) is 14.2 Å². The third-order valence-electron chi connectivity index (χ3n) is 5.05. The first-order valence-electron chi connectivity index (χ1n) is 10.5. The van der Waals surface area contributed by atoms with E-state index in [0.717, 1.165) is 5.56 Å². The van der Waals surface area contributed by atoms with Crippen LogP contribution in [0, 0.1) is 22.7 Å². The lowest BCUT2D eigenvalue weighted by molar-refractivity contribution is -0.117. The minimum Gasteiger partial charge on any atom is -0.497 e. The molecule has 0 saturated carbocycles. The zero-order valence-corrected chi connectivity index (χ0v) is 19.9. The average molecular weight is 488 g/mol. The van der Waals surface area contributed by atoms with Gasteiger partial charge in [0.2, 0.25) is 0 Å². The Hall–Kier alpha value is -4.46. The predicted octanol–water partition coefficient (Wildman–Crippen LogP) is 5.03. The molecule has 1 N–H and O–H groups in total. The van der Waals surface area contributed by atoms with E-state index in [4.69, 9.17) is 25.8 Å². The van der Waals surface area contributed by atoms with E-state index in [1.54, 1.807) is 49.6 Å². The summed E-state index contributed by atoms with van der Waals surface area (Å²) in [5, 5.41) is 21.7. The van der Waals surface area contributed by atoms with Gasteiger partial charge in [-0.25, -0.2) is 0 Å². The van der Waals surface area contributed by atoms with E-state index in [1.807, 2.05) is 24.3 Å². The molecule has 0 aliphatic heterocycles. The van der Waals surface area contributed by atoms with E-state index >= 15 is 0 Å². The maximum absolute atomic E-state index is 12.6. The second-order valence-electron chi connectivity index (χ2n) is 7.29. The first-order valence-corrected chi connectivity index (χ1v) is 10.9. The van der Waals surface area contributed by atoms with Crippen LogP contribution in [0.3, 0.4) is 0 Å². The van der Waals surface area contributed by atoms with Gasteiger partial charge in [-0.3, -0.25) is 4.79 Å². The number of amides is 1. The molecular formula is C27H22ClN3O4. The van der Waals surface area contributed by atoms with Gasteiger partial charge in [0.05, 0.1) is 30.9 Å². The molecule has 0 bridgehead atoms. The molecule has 176 valence electrons. The van der Waals surface area contributed by atoms with Crippen LogP contribution in [-0.4, -0.2) is 20.1 Å². The highest BCUT2D eigenvalue weighted by Crippen LogP contribution is 2.37. The summed E-state index contributed by atoms with van der Waals surface area (Å²) < 4.78 is 16.4. The summed E-state index contributed by atoms with van der Waals surface area (Å²) in [5.74, 6) is 0.813. The van der Waals surface area contributed by atoms with Crippen LogP contribution in [0.5, 0.6) is 17.2 Å². The number of halogens is 1. The van der Waals surface area contributed by atoms with Crippen molar-refractivity contribution in [1.29, 1.82) is 10.5 Å². The standard InChI is InChI=1S/C27H22ClN3O4/c1-33-23-9-7-18(8-10-23)16-31-27(32)22(15-30)11-19-12-24(28)26(25(13-19)34-2)35-17-21-6-4-3-5-20(21)14-29/h3-13H,16-17H2,1-2H3,(H,31,32)/b22-11-. The summed E-state index contributed by atoms with van der Waals surface area (Å²) in [6, 6.07) is 21.6. The number of nitrogens with one attached hydrogen (secondary N) is 1. The molecule has 0 aliphatic carbocycles. The van der Waals surface area contributed by atoms with E-state index in [1.165, 1.54) is 13.2 Å². The minimum atomic E-state index is -0.521. The lowest BCUT2D eigenvalue weighted by atomic mass is 10.1. The van der Waals surface area contributed by atoms with Crippen molar-refractivity contribution in [2.45, 2.75) is 13.2 Å². The molecule has 3 aromatic carbocycles. The van der Waals surface area contributed by atoms with Crippen molar-refractivity contribution < 1.29 is 19.0 Å². The Balaban J connectivity index is 1.75. The van der Waals surface area contributed by atoms with Crippen LogP contribution in [0.4, 0.5) is 0 Å². The molecular weight excluding hydrogens is 466 g/mol. The Morgan fingerprint density at radius 1 is 1.06 bits per heavy atom. The van der Waals surface area contributed by atoms with Gasteiger partial charge >= 0.3 is 0 Å². The maximum atomic E-state index is 12.6. The first-order chi connectivity index (χ1) is 17.0. The van der Waals surface area contributed by atoms with Crippen molar-refractivity contribution in [1.82, 2.24) is 5.32 Å². The third kappa shape index (κ3) is 6.54. The van der Waals surface area contributed by atoms with Crippen LogP contribution in [0.15, 0.2) is 66.2 Å². The SMILES string of the molecule is COc1ccc(CNC(=O)/C(C#N)=C\c2cc(Cl)c(OCc3ccccc3C#N)c(OC)c2)cc1. The summed E-state index contributed by atoms with van der Waals surface area (Å²) in [7, 11) is 3.04. The van der Waals surface area contributed by atoms with Crippen molar-refractivity contribution in [3.8, 4) is 29.4 Å². The molecule has 0 radical (unpaired) electrons. The number of nitriles is 2. The highest BCUT2D eigenvalue weighted by molar-refractivity contribution is 6.32. The van der Waals surface area contributed by atoms with Crippen LogP contribution in [-0.2, 0) is 17.9 Å². The Morgan fingerprint density at radius 2 is 1.80 bits per heavy atom. The van der Waals surface area contributed by atoms with Gasteiger partial charge in [-0.2, -0.15) is 10.5 Å². The van der Waals surface area contributed by atoms with Gasteiger partial charge in [0.25, 0.3) is 5.91 Å². The molecule has 0 unspecified atom stereocenters. The number of hydrogen-bond acceptors (Lipinski definition) is 6. The minimum absolute atomic E-state index is 0.0896. The lowest BCUT2D eigenvalue weighted by Gasteiger charge is -2.14.